The maximum absolute atomic E-state index is 13.3. The first-order valence-corrected chi connectivity index (χ1v) is 13.3. The highest BCUT2D eigenvalue weighted by atomic mass is 35.5. The summed E-state index contributed by atoms with van der Waals surface area (Å²) in [6.45, 7) is -0.316. The maximum Gasteiger partial charge on any atom is 0.261 e. The van der Waals surface area contributed by atoms with Crippen LogP contribution in [0.15, 0.2) is 71.6 Å². The minimum Gasteiger partial charge on any atom is -0.457 e. The Labute approximate surface area is 228 Å². The molecule has 3 aromatic carbocycles. The molecular weight excluding hydrogens is 557 g/mol. The molecule has 0 saturated heterocycles. The van der Waals surface area contributed by atoms with Crippen molar-refractivity contribution in [1.82, 2.24) is 14.7 Å². The Hall–Kier alpha value is -3.48. The Balaban J connectivity index is 1.51. The molecule has 0 aromatic heterocycles. The van der Waals surface area contributed by atoms with Crippen LogP contribution in [0.2, 0.25) is 10.0 Å². The third kappa shape index (κ3) is 5.38. The average Bonchev–Trinajstić information content (AvgIpc) is 3.13. The number of amides is 3. The summed E-state index contributed by atoms with van der Waals surface area (Å²) in [5.41, 5.74) is 1.54. The third-order valence-corrected chi connectivity index (χ3v) is 8.57. The average molecular weight is 578 g/mol. The fourth-order valence-electron chi connectivity index (χ4n) is 3.93. The van der Waals surface area contributed by atoms with Gasteiger partial charge in [0.15, 0.2) is 0 Å². The fraction of sp³-hybridized carbons (Fsp3) is 0.160. The minimum absolute atomic E-state index is 0.0475. The van der Waals surface area contributed by atoms with Crippen molar-refractivity contribution in [1.29, 1.82) is 0 Å². The zero-order chi connectivity index (χ0) is 27.6. The van der Waals surface area contributed by atoms with E-state index in [-0.39, 0.29) is 39.0 Å². The molecule has 0 saturated carbocycles. The Kier molecular flexibility index (Phi) is 8.05. The molecule has 0 fully saturated rings. The highest BCUT2D eigenvalue weighted by molar-refractivity contribution is 7.89. The Morgan fingerprint density at radius 3 is 2.03 bits per heavy atom. The van der Waals surface area contributed by atoms with E-state index in [0.717, 1.165) is 16.3 Å². The smallest absolute Gasteiger partial charge is 0.261 e. The standard InChI is InChI=1S/C25H21Cl2N3O7S/c1-29(38(35,36)17-9-7-16(8-10-17)37-15-5-3-2-4-6-15)22(23(31)28-34)11-12-30-24(32)18-13-20(26)21(27)14-19(18)25(30)33/h2-10,13-14,22,34H,11-12H2,1H3,(H,28,31). The Morgan fingerprint density at radius 2 is 1.50 bits per heavy atom. The predicted octanol–water partition coefficient (Wildman–Crippen LogP) is 3.97. The lowest BCUT2D eigenvalue weighted by Crippen LogP contribution is -2.48. The number of sulfonamides is 1. The fourth-order valence-corrected chi connectivity index (χ4v) is 5.60. The molecule has 3 amide bonds. The Morgan fingerprint density at radius 1 is 0.974 bits per heavy atom. The molecule has 2 N–H and O–H groups in total. The van der Waals surface area contributed by atoms with Crippen LogP contribution in [0.4, 0.5) is 0 Å². The first-order chi connectivity index (χ1) is 18.0. The summed E-state index contributed by atoms with van der Waals surface area (Å²) in [5, 5.41) is 9.44. The van der Waals surface area contributed by atoms with Crippen molar-refractivity contribution in [3.63, 3.8) is 0 Å². The molecule has 0 bridgehead atoms. The summed E-state index contributed by atoms with van der Waals surface area (Å²) in [4.78, 5) is 38.7. The van der Waals surface area contributed by atoms with E-state index in [1.807, 2.05) is 6.07 Å². The number of para-hydroxylation sites is 1. The summed E-state index contributed by atoms with van der Waals surface area (Å²) < 4.78 is 33.0. The lowest BCUT2D eigenvalue weighted by molar-refractivity contribution is -0.133. The Bertz CT molecular complexity index is 1460. The van der Waals surface area contributed by atoms with Gasteiger partial charge in [0.05, 0.1) is 26.1 Å². The van der Waals surface area contributed by atoms with Crippen molar-refractivity contribution in [2.75, 3.05) is 13.6 Å². The highest BCUT2D eigenvalue weighted by Crippen LogP contribution is 2.32. The van der Waals surface area contributed by atoms with E-state index in [9.17, 15) is 28.0 Å². The van der Waals surface area contributed by atoms with Crippen LogP contribution in [-0.2, 0) is 14.8 Å². The second-order valence-electron chi connectivity index (χ2n) is 8.26. The van der Waals surface area contributed by atoms with Crippen LogP contribution in [0.5, 0.6) is 11.5 Å². The number of hydrogen-bond donors (Lipinski definition) is 2. The number of nitrogens with one attached hydrogen (secondary N) is 1. The number of carbonyl (C=O) groups excluding carboxylic acids is 3. The number of rotatable bonds is 9. The molecule has 0 aliphatic carbocycles. The van der Waals surface area contributed by atoms with Crippen LogP contribution >= 0.6 is 23.2 Å². The molecule has 0 radical (unpaired) electrons. The summed E-state index contributed by atoms with van der Waals surface area (Å²) in [5.74, 6) is -1.40. The molecule has 198 valence electrons. The molecule has 4 rings (SSSR count). The van der Waals surface area contributed by atoms with Crippen LogP contribution in [-0.4, -0.2) is 60.2 Å². The molecular formula is C25H21Cl2N3O7S. The second kappa shape index (κ2) is 11.1. The number of halogens is 2. The van der Waals surface area contributed by atoms with Crippen LogP contribution in [0.3, 0.4) is 0 Å². The zero-order valence-electron chi connectivity index (χ0n) is 19.8. The van der Waals surface area contributed by atoms with Crippen LogP contribution in [0, 0.1) is 0 Å². The van der Waals surface area contributed by atoms with Gasteiger partial charge in [0.25, 0.3) is 17.7 Å². The molecule has 10 nitrogen and oxygen atoms in total. The van der Waals surface area contributed by atoms with Gasteiger partial charge in [-0.05, 0) is 55.0 Å². The molecule has 3 aromatic rings. The van der Waals surface area contributed by atoms with Crippen molar-refractivity contribution in [2.45, 2.75) is 17.4 Å². The van der Waals surface area contributed by atoms with Crippen molar-refractivity contribution in [3.8, 4) is 11.5 Å². The number of fused-ring (bicyclic) bond motifs is 1. The van der Waals surface area contributed by atoms with Gasteiger partial charge in [-0.1, -0.05) is 41.4 Å². The number of ether oxygens (including phenoxy) is 1. The number of imide groups is 1. The van der Waals surface area contributed by atoms with E-state index in [0.29, 0.717) is 11.5 Å². The number of hydroxylamine groups is 1. The van der Waals surface area contributed by atoms with Crippen molar-refractivity contribution in [2.24, 2.45) is 0 Å². The monoisotopic (exact) mass is 577 g/mol. The van der Waals surface area contributed by atoms with Crippen LogP contribution in [0.1, 0.15) is 27.1 Å². The highest BCUT2D eigenvalue weighted by Gasteiger charge is 2.39. The number of nitrogens with zero attached hydrogens (tertiary/aromatic N) is 2. The molecule has 38 heavy (non-hydrogen) atoms. The topological polar surface area (TPSA) is 133 Å². The second-order valence-corrected chi connectivity index (χ2v) is 11.1. The minimum atomic E-state index is -4.24. The molecule has 1 atom stereocenters. The van der Waals surface area contributed by atoms with E-state index >= 15 is 0 Å². The van der Waals surface area contributed by atoms with Gasteiger partial charge in [0.1, 0.15) is 17.5 Å². The van der Waals surface area contributed by atoms with Crippen LogP contribution < -0.4 is 10.2 Å². The zero-order valence-corrected chi connectivity index (χ0v) is 22.1. The van der Waals surface area contributed by atoms with E-state index in [1.165, 1.54) is 41.9 Å². The number of benzene rings is 3. The molecule has 1 heterocycles. The van der Waals surface area contributed by atoms with Gasteiger partial charge in [-0.3, -0.25) is 24.5 Å². The van der Waals surface area contributed by atoms with E-state index in [2.05, 4.69) is 0 Å². The van der Waals surface area contributed by atoms with Gasteiger partial charge >= 0.3 is 0 Å². The SMILES string of the molecule is CN(C(CCN1C(=O)c2cc(Cl)c(Cl)cc2C1=O)C(=O)NO)S(=O)(=O)c1ccc(Oc2ccccc2)cc1. The van der Waals surface area contributed by atoms with E-state index in [1.54, 1.807) is 24.3 Å². The number of carbonyl (C=O) groups is 3. The van der Waals surface area contributed by atoms with Gasteiger partial charge in [-0.25, -0.2) is 13.9 Å². The molecule has 1 unspecified atom stereocenters. The summed E-state index contributed by atoms with van der Waals surface area (Å²) in [6, 6.07) is 15.6. The summed E-state index contributed by atoms with van der Waals surface area (Å²) in [7, 11) is -3.08. The molecule has 1 aliphatic heterocycles. The molecule has 1 aliphatic rings. The van der Waals surface area contributed by atoms with Gasteiger partial charge in [0, 0.05) is 13.6 Å². The normalized spacial score (nSPS) is 14.0. The van der Waals surface area contributed by atoms with E-state index < -0.39 is 33.8 Å². The van der Waals surface area contributed by atoms with Crippen molar-refractivity contribution in [3.05, 3.63) is 87.9 Å². The third-order valence-electron chi connectivity index (χ3n) is 5.97. The van der Waals surface area contributed by atoms with Crippen molar-refractivity contribution >= 4 is 50.9 Å². The maximum atomic E-state index is 13.3. The van der Waals surface area contributed by atoms with Crippen LogP contribution in [0.25, 0.3) is 0 Å². The van der Waals surface area contributed by atoms with Gasteiger partial charge in [-0.15, -0.1) is 0 Å². The largest absolute Gasteiger partial charge is 0.457 e. The number of likely N-dealkylation sites (N-methyl/N-ethyl adjacent to an activating group) is 1. The quantitative estimate of drug-likeness (QED) is 0.223. The van der Waals surface area contributed by atoms with Crippen molar-refractivity contribution < 1.29 is 32.7 Å². The lowest BCUT2D eigenvalue weighted by Gasteiger charge is -2.27. The number of hydrogen-bond acceptors (Lipinski definition) is 7. The first-order valence-electron chi connectivity index (χ1n) is 11.1. The van der Waals surface area contributed by atoms with Gasteiger partial charge in [-0.2, -0.15) is 4.31 Å². The first kappa shape index (κ1) is 27.6. The predicted molar refractivity (Wildman–Crippen MR) is 138 cm³/mol. The summed E-state index contributed by atoms with van der Waals surface area (Å²) >= 11 is 11.9. The molecule has 0 spiro atoms. The van der Waals surface area contributed by atoms with E-state index in [4.69, 9.17) is 27.9 Å². The van der Waals surface area contributed by atoms with Gasteiger partial charge in [0.2, 0.25) is 10.0 Å². The lowest BCUT2D eigenvalue weighted by atomic mass is 10.1. The molecule has 13 heteroatoms. The van der Waals surface area contributed by atoms with Gasteiger partial charge < -0.3 is 4.74 Å². The summed E-state index contributed by atoms with van der Waals surface area (Å²) in [6.07, 6.45) is -0.301.